The van der Waals surface area contributed by atoms with E-state index in [0.29, 0.717) is 15.6 Å². The van der Waals surface area contributed by atoms with Crippen LogP contribution in [0.1, 0.15) is 49.5 Å². The summed E-state index contributed by atoms with van der Waals surface area (Å²) in [5.74, 6) is -1.28. The Morgan fingerprint density at radius 2 is 1.74 bits per heavy atom. The molecule has 0 bridgehead atoms. The molecule has 1 atom stereocenters. The topological polar surface area (TPSA) is 104 Å². The highest BCUT2D eigenvalue weighted by atomic mass is 35.5. The zero-order valence-corrected chi connectivity index (χ0v) is 22.0. The van der Waals surface area contributed by atoms with Crippen molar-refractivity contribution in [3.8, 4) is 0 Å². The van der Waals surface area contributed by atoms with Crippen LogP contribution in [0, 0.1) is 0 Å². The molecule has 0 saturated heterocycles. The first-order valence-electron chi connectivity index (χ1n) is 11.1. The monoisotopic (exact) mass is 539 g/mol. The highest BCUT2D eigenvalue weighted by Crippen LogP contribution is 2.30. The molecule has 11 heteroatoms. The van der Waals surface area contributed by atoms with Gasteiger partial charge in [0.05, 0.1) is 15.6 Å². The molecule has 0 aliphatic carbocycles. The van der Waals surface area contributed by atoms with Gasteiger partial charge in [-0.05, 0) is 57.0 Å². The van der Waals surface area contributed by atoms with Crippen LogP contribution in [0.3, 0.4) is 0 Å². The molecule has 0 saturated carbocycles. The lowest BCUT2D eigenvalue weighted by molar-refractivity contribution is -0.140. The standard InChI is InChI=1S/C24H27Cl2N3O5S/c1-15(2)27-23(31)16(3)28(14-17-10-11-19(25)20(26)13-17)22(30)9-6-12-29-24(32)18-7-4-5-8-21(18)35(29,33)34/h4-5,7-8,10-11,13,15-16H,6,9,12,14H2,1-3H3,(H,27,31)/t16-/m1/s1. The van der Waals surface area contributed by atoms with E-state index < -0.39 is 22.0 Å². The Balaban J connectivity index is 1.73. The van der Waals surface area contributed by atoms with Crippen LogP contribution < -0.4 is 5.32 Å². The van der Waals surface area contributed by atoms with Crippen LogP contribution in [0.25, 0.3) is 0 Å². The Morgan fingerprint density at radius 1 is 1.06 bits per heavy atom. The second-order valence-electron chi connectivity index (χ2n) is 8.59. The lowest BCUT2D eigenvalue weighted by Gasteiger charge is -2.29. The molecule has 3 rings (SSSR count). The van der Waals surface area contributed by atoms with Gasteiger partial charge < -0.3 is 10.2 Å². The van der Waals surface area contributed by atoms with E-state index in [1.165, 1.54) is 17.0 Å². The van der Waals surface area contributed by atoms with Crippen LogP contribution >= 0.6 is 23.2 Å². The van der Waals surface area contributed by atoms with E-state index in [1.807, 2.05) is 13.8 Å². The number of nitrogens with zero attached hydrogens (tertiary/aromatic N) is 2. The number of carbonyl (C=O) groups is 3. The summed E-state index contributed by atoms with van der Waals surface area (Å²) in [7, 11) is -3.95. The summed E-state index contributed by atoms with van der Waals surface area (Å²) in [4.78, 5) is 39.8. The first-order valence-corrected chi connectivity index (χ1v) is 13.3. The summed E-state index contributed by atoms with van der Waals surface area (Å²) in [6, 6.07) is 10.1. The Kier molecular flexibility index (Phi) is 8.46. The fourth-order valence-electron chi connectivity index (χ4n) is 3.79. The first-order chi connectivity index (χ1) is 16.4. The van der Waals surface area contributed by atoms with Crippen molar-refractivity contribution in [3.05, 3.63) is 63.6 Å². The first kappa shape index (κ1) is 27.0. The summed E-state index contributed by atoms with van der Waals surface area (Å²) >= 11 is 12.1. The Labute approximate surface area is 215 Å². The Hall–Kier alpha value is -2.62. The number of nitrogens with one attached hydrogen (secondary N) is 1. The predicted octanol–water partition coefficient (Wildman–Crippen LogP) is 3.86. The molecular weight excluding hydrogens is 513 g/mol. The number of fused-ring (bicyclic) bond motifs is 1. The molecule has 1 aliphatic rings. The summed E-state index contributed by atoms with van der Waals surface area (Å²) in [5.41, 5.74) is 0.809. The van der Waals surface area contributed by atoms with E-state index >= 15 is 0 Å². The minimum atomic E-state index is -3.95. The van der Waals surface area contributed by atoms with Crippen molar-refractivity contribution in [2.24, 2.45) is 0 Å². The van der Waals surface area contributed by atoms with Crippen molar-refractivity contribution in [2.45, 2.75) is 57.1 Å². The molecule has 2 aromatic rings. The zero-order valence-electron chi connectivity index (χ0n) is 19.6. The van der Waals surface area contributed by atoms with Crippen molar-refractivity contribution >= 4 is 50.9 Å². The van der Waals surface area contributed by atoms with E-state index in [-0.39, 0.29) is 54.2 Å². The van der Waals surface area contributed by atoms with Gasteiger partial charge in [0.15, 0.2) is 0 Å². The van der Waals surface area contributed by atoms with Gasteiger partial charge in [0, 0.05) is 25.6 Å². The van der Waals surface area contributed by atoms with Gasteiger partial charge >= 0.3 is 0 Å². The zero-order chi connectivity index (χ0) is 25.9. The van der Waals surface area contributed by atoms with Crippen molar-refractivity contribution in [1.29, 1.82) is 0 Å². The maximum Gasteiger partial charge on any atom is 0.269 e. The minimum absolute atomic E-state index is 0.0310. The maximum atomic E-state index is 13.2. The lowest BCUT2D eigenvalue weighted by atomic mass is 10.1. The van der Waals surface area contributed by atoms with E-state index in [1.54, 1.807) is 37.3 Å². The third-order valence-electron chi connectivity index (χ3n) is 5.60. The number of carbonyl (C=O) groups excluding carboxylic acids is 3. The van der Waals surface area contributed by atoms with Gasteiger partial charge in [-0.25, -0.2) is 12.7 Å². The molecule has 0 unspecified atom stereocenters. The highest BCUT2D eigenvalue weighted by Gasteiger charge is 2.40. The third kappa shape index (κ3) is 5.97. The van der Waals surface area contributed by atoms with Crippen molar-refractivity contribution in [3.63, 3.8) is 0 Å². The molecule has 2 aromatic carbocycles. The average Bonchev–Trinajstić information content (AvgIpc) is 2.99. The second-order valence-corrected chi connectivity index (χ2v) is 11.2. The van der Waals surface area contributed by atoms with Crippen LogP contribution in [-0.2, 0) is 26.2 Å². The van der Waals surface area contributed by atoms with Gasteiger partial charge in [-0.1, -0.05) is 41.4 Å². The molecule has 0 fully saturated rings. The molecule has 1 aliphatic heterocycles. The summed E-state index contributed by atoms with van der Waals surface area (Å²) < 4.78 is 26.3. The molecule has 3 amide bonds. The van der Waals surface area contributed by atoms with E-state index in [2.05, 4.69) is 5.32 Å². The SMILES string of the molecule is CC(C)NC(=O)[C@@H](C)N(Cc1ccc(Cl)c(Cl)c1)C(=O)CCCN1C(=O)c2ccccc2S1(=O)=O. The summed E-state index contributed by atoms with van der Waals surface area (Å²) in [5, 5.41) is 3.50. The van der Waals surface area contributed by atoms with Crippen LogP contribution in [0.2, 0.25) is 10.0 Å². The number of hydrogen-bond donors (Lipinski definition) is 1. The van der Waals surface area contributed by atoms with Gasteiger partial charge in [-0.2, -0.15) is 0 Å². The number of benzene rings is 2. The second kappa shape index (κ2) is 11.0. The quantitative estimate of drug-likeness (QED) is 0.520. The number of hydrogen-bond acceptors (Lipinski definition) is 5. The van der Waals surface area contributed by atoms with Gasteiger partial charge in [0.25, 0.3) is 15.9 Å². The largest absolute Gasteiger partial charge is 0.352 e. The minimum Gasteiger partial charge on any atom is -0.352 e. The molecule has 0 spiro atoms. The number of sulfonamides is 1. The summed E-state index contributed by atoms with van der Waals surface area (Å²) in [6.45, 7) is 5.23. The molecule has 0 radical (unpaired) electrons. The number of amides is 3. The molecule has 8 nitrogen and oxygen atoms in total. The van der Waals surface area contributed by atoms with Crippen molar-refractivity contribution in [2.75, 3.05) is 6.54 Å². The van der Waals surface area contributed by atoms with E-state index in [9.17, 15) is 22.8 Å². The van der Waals surface area contributed by atoms with Crippen LogP contribution in [0.4, 0.5) is 0 Å². The Morgan fingerprint density at radius 3 is 2.37 bits per heavy atom. The lowest BCUT2D eigenvalue weighted by Crippen LogP contribution is -2.49. The molecule has 35 heavy (non-hydrogen) atoms. The van der Waals surface area contributed by atoms with Gasteiger partial charge in [-0.3, -0.25) is 14.4 Å². The average molecular weight is 540 g/mol. The molecule has 188 valence electrons. The molecule has 1 heterocycles. The highest BCUT2D eigenvalue weighted by molar-refractivity contribution is 7.90. The smallest absolute Gasteiger partial charge is 0.269 e. The van der Waals surface area contributed by atoms with E-state index in [4.69, 9.17) is 23.2 Å². The number of halogens is 2. The predicted molar refractivity (Wildman–Crippen MR) is 134 cm³/mol. The maximum absolute atomic E-state index is 13.2. The summed E-state index contributed by atoms with van der Waals surface area (Å²) in [6.07, 6.45) is 0.0461. The fraction of sp³-hybridized carbons (Fsp3) is 0.375. The molecule has 1 N–H and O–H groups in total. The Bertz CT molecular complexity index is 1250. The molecular formula is C24H27Cl2N3O5S. The van der Waals surface area contributed by atoms with Crippen molar-refractivity contribution in [1.82, 2.24) is 14.5 Å². The fourth-order valence-corrected chi connectivity index (χ4v) is 5.72. The van der Waals surface area contributed by atoms with Crippen LogP contribution in [-0.4, -0.2) is 54.0 Å². The van der Waals surface area contributed by atoms with Crippen LogP contribution in [0.15, 0.2) is 47.4 Å². The van der Waals surface area contributed by atoms with Gasteiger partial charge in [0.2, 0.25) is 11.8 Å². The van der Waals surface area contributed by atoms with Gasteiger partial charge in [0.1, 0.15) is 10.9 Å². The molecule has 0 aromatic heterocycles. The number of rotatable bonds is 9. The van der Waals surface area contributed by atoms with Gasteiger partial charge in [-0.15, -0.1) is 0 Å². The van der Waals surface area contributed by atoms with Crippen LogP contribution in [0.5, 0.6) is 0 Å². The normalized spacial score (nSPS) is 15.1. The third-order valence-corrected chi connectivity index (χ3v) is 8.18. The van der Waals surface area contributed by atoms with E-state index in [0.717, 1.165) is 4.31 Å². The van der Waals surface area contributed by atoms with Crippen molar-refractivity contribution < 1.29 is 22.8 Å².